The highest BCUT2D eigenvalue weighted by Gasteiger charge is 2.35. The molecule has 1 aliphatic rings. The van der Waals surface area contributed by atoms with Crippen molar-refractivity contribution in [1.82, 2.24) is 14.9 Å². The number of esters is 1. The molecule has 0 saturated carbocycles. The van der Waals surface area contributed by atoms with Crippen LogP contribution in [0, 0.1) is 0 Å². The van der Waals surface area contributed by atoms with Crippen LogP contribution in [-0.2, 0) is 16.0 Å². The van der Waals surface area contributed by atoms with Gasteiger partial charge in [0.25, 0.3) is 0 Å². The lowest BCUT2D eigenvalue weighted by molar-refractivity contribution is -0.143. The van der Waals surface area contributed by atoms with Gasteiger partial charge in [0, 0.05) is 47.1 Å². The first kappa shape index (κ1) is 17.7. The van der Waals surface area contributed by atoms with Crippen molar-refractivity contribution in [3.05, 3.63) is 71.5 Å². The van der Waals surface area contributed by atoms with E-state index in [1.165, 1.54) is 7.11 Å². The van der Waals surface area contributed by atoms with Crippen molar-refractivity contribution in [3.63, 3.8) is 0 Å². The number of methoxy groups -OCH3 is 1. The monoisotopic (exact) mass is 387 g/mol. The SMILES string of the molecule is COC(=O)C1Cc2c([nH]c3ccccc23)C(c2cn(C(C)=O)c3ccccc23)N1. The van der Waals surface area contributed by atoms with Gasteiger partial charge in [-0.2, -0.15) is 0 Å². The number of benzene rings is 2. The maximum Gasteiger partial charge on any atom is 0.323 e. The molecule has 2 atom stereocenters. The average Bonchev–Trinajstić information content (AvgIpc) is 3.31. The first-order chi connectivity index (χ1) is 14.1. The van der Waals surface area contributed by atoms with Crippen molar-refractivity contribution in [2.45, 2.75) is 25.4 Å². The van der Waals surface area contributed by atoms with E-state index in [0.29, 0.717) is 6.42 Å². The van der Waals surface area contributed by atoms with Gasteiger partial charge in [-0.3, -0.25) is 19.5 Å². The lowest BCUT2D eigenvalue weighted by atomic mass is 9.90. The molecule has 2 N–H and O–H groups in total. The lowest BCUT2D eigenvalue weighted by Gasteiger charge is -2.30. The molecule has 0 saturated heterocycles. The Labute approximate surface area is 167 Å². The largest absolute Gasteiger partial charge is 0.468 e. The Morgan fingerprint density at radius 1 is 1.07 bits per heavy atom. The second-order valence-electron chi connectivity index (χ2n) is 7.43. The van der Waals surface area contributed by atoms with Crippen LogP contribution in [0.4, 0.5) is 0 Å². The fourth-order valence-corrected chi connectivity index (χ4v) is 4.47. The number of nitrogens with zero attached hydrogens (tertiary/aromatic N) is 1. The zero-order chi connectivity index (χ0) is 20.1. The van der Waals surface area contributed by atoms with Gasteiger partial charge >= 0.3 is 5.97 Å². The van der Waals surface area contributed by atoms with Gasteiger partial charge in [-0.25, -0.2) is 0 Å². The molecular weight excluding hydrogens is 366 g/mol. The fraction of sp³-hybridized carbons (Fsp3) is 0.217. The number of nitrogens with one attached hydrogen (secondary N) is 2. The Morgan fingerprint density at radius 2 is 1.79 bits per heavy atom. The standard InChI is InChI=1S/C23H21N3O3/c1-13(27)26-12-17(15-8-4-6-10-20(15)26)22-21-16(11-19(25-22)23(28)29-2)14-7-3-5-9-18(14)24-21/h3-10,12,19,22,24-25H,11H2,1-2H3. The van der Waals surface area contributed by atoms with Crippen molar-refractivity contribution in [3.8, 4) is 0 Å². The summed E-state index contributed by atoms with van der Waals surface area (Å²) >= 11 is 0. The lowest BCUT2D eigenvalue weighted by Crippen LogP contribution is -2.45. The highest BCUT2D eigenvalue weighted by atomic mass is 16.5. The molecule has 0 radical (unpaired) electrons. The van der Waals surface area contributed by atoms with Crippen molar-refractivity contribution in [2.75, 3.05) is 7.11 Å². The van der Waals surface area contributed by atoms with Crippen LogP contribution in [0.5, 0.6) is 0 Å². The summed E-state index contributed by atoms with van der Waals surface area (Å²) in [5.74, 6) is -0.342. The van der Waals surface area contributed by atoms with Crippen molar-refractivity contribution in [2.24, 2.45) is 0 Å². The first-order valence-electron chi connectivity index (χ1n) is 9.62. The van der Waals surface area contributed by atoms with Gasteiger partial charge in [-0.1, -0.05) is 36.4 Å². The van der Waals surface area contributed by atoms with E-state index in [9.17, 15) is 9.59 Å². The Bertz CT molecular complexity index is 1270. The number of carbonyl (C=O) groups excluding carboxylic acids is 2. The Balaban J connectivity index is 1.76. The fourth-order valence-electron chi connectivity index (χ4n) is 4.47. The third-order valence-electron chi connectivity index (χ3n) is 5.79. The van der Waals surface area contributed by atoms with Gasteiger partial charge in [0.1, 0.15) is 6.04 Å². The average molecular weight is 387 g/mol. The van der Waals surface area contributed by atoms with Crippen LogP contribution in [0.15, 0.2) is 54.7 Å². The van der Waals surface area contributed by atoms with Crippen LogP contribution in [0.2, 0.25) is 0 Å². The minimum absolute atomic E-state index is 0.0513. The molecule has 146 valence electrons. The molecule has 2 unspecified atom stereocenters. The molecule has 0 spiro atoms. The molecule has 4 aromatic rings. The van der Waals surface area contributed by atoms with E-state index < -0.39 is 6.04 Å². The predicted molar refractivity (Wildman–Crippen MR) is 111 cm³/mol. The smallest absolute Gasteiger partial charge is 0.323 e. The quantitative estimate of drug-likeness (QED) is 0.516. The molecule has 6 heteroatoms. The normalized spacial score (nSPS) is 18.7. The van der Waals surface area contributed by atoms with Crippen LogP contribution >= 0.6 is 0 Å². The number of aromatic amines is 1. The molecule has 0 bridgehead atoms. The first-order valence-corrected chi connectivity index (χ1v) is 9.62. The summed E-state index contributed by atoms with van der Waals surface area (Å²) in [5, 5.41) is 5.54. The summed E-state index contributed by atoms with van der Waals surface area (Å²) in [6.45, 7) is 1.55. The molecule has 0 fully saturated rings. The van der Waals surface area contributed by atoms with E-state index in [0.717, 1.165) is 38.6 Å². The Kier molecular flexibility index (Phi) is 4.03. The van der Waals surface area contributed by atoms with E-state index in [-0.39, 0.29) is 17.9 Å². The van der Waals surface area contributed by atoms with E-state index in [1.807, 2.05) is 48.7 Å². The summed E-state index contributed by atoms with van der Waals surface area (Å²) in [6, 6.07) is 15.2. The molecule has 3 heterocycles. The maximum atomic E-state index is 12.4. The topological polar surface area (TPSA) is 76.1 Å². The van der Waals surface area contributed by atoms with Crippen molar-refractivity contribution < 1.29 is 14.3 Å². The van der Waals surface area contributed by atoms with Crippen LogP contribution in [0.3, 0.4) is 0 Å². The van der Waals surface area contributed by atoms with Crippen LogP contribution in [0.1, 0.15) is 34.6 Å². The second kappa shape index (κ2) is 6.60. The highest BCUT2D eigenvalue weighted by Crippen LogP contribution is 2.38. The summed E-state index contributed by atoms with van der Waals surface area (Å²) in [5.41, 5.74) is 4.98. The minimum Gasteiger partial charge on any atom is -0.468 e. The molecule has 2 aromatic heterocycles. The summed E-state index contributed by atoms with van der Waals surface area (Å²) in [4.78, 5) is 28.2. The van der Waals surface area contributed by atoms with Gasteiger partial charge < -0.3 is 9.72 Å². The second-order valence-corrected chi connectivity index (χ2v) is 7.43. The molecule has 1 aliphatic heterocycles. The van der Waals surface area contributed by atoms with E-state index in [4.69, 9.17) is 4.74 Å². The minimum atomic E-state index is -0.462. The number of carbonyl (C=O) groups is 2. The molecule has 29 heavy (non-hydrogen) atoms. The van der Waals surface area contributed by atoms with Crippen LogP contribution in [0.25, 0.3) is 21.8 Å². The zero-order valence-electron chi connectivity index (χ0n) is 16.2. The molecular formula is C23H21N3O3. The van der Waals surface area contributed by atoms with Crippen molar-refractivity contribution in [1.29, 1.82) is 0 Å². The Morgan fingerprint density at radius 3 is 2.55 bits per heavy atom. The van der Waals surface area contributed by atoms with Gasteiger partial charge in [-0.15, -0.1) is 0 Å². The van der Waals surface area contributed by atoms with Gasteiger partial charge in [0.2, 0.25) is 5.91 Å². The maximum absolute atomic E-state index is 12.4. The Hall–Kier alpha value is -3.38. The van der Waals surface area contributed by atoms with Gasteiger partial charge in [0.05, 0.1) is 18.7 Å². The number of H-pyrrole nitrogens is 1. The highest BCUT2D eigenvalue weighted by molar-refractivity contribution is 5.95. The number of para-hydroxylation sites is 2. The third kappa shape index (κ3) is 2.68. The summed E-state index contributed by atoms with van der Waals surface area (Å²) < 4.78 is 6.70. The van der Waals surface area contributed by atoms with E-state index in [2.05, 4.69) is 16.4 Å². The third-order valence-corrected chi connectivity index (χ3v) is 5.79. The predicted octanol–water partition coefficient (Wildman–Crippen LogP) is 3.56. The van der Waals surface area contributed by atoms with E-state index in [1.54, 1.807) is 11.5 Å². The molecule has 6 nitrogen and oxygen atoms in total. The van der Waals surface area contributed by atoms with Crippen molar-refractivity contribution >= 4 is 33.7 Å². The number of rotatable bonds is 2. The summed E-state index contributed by atoms with van der Waals surface area (Å²) in [6.07, 6.45) is 2.42. The molecule has 2 aromatic carbocycles. The summed E-state index contributed by atoms with van der Waals surface area (Å²) in [7, 11) is 1.41. The number of hydrogen-bond acceptors (Lipinski definition) is 4. The van der Waals surface area contributed by atoms with Crippen LogP contribution in [-0.4, -0.2) is 34.6 Å². The van der Waals surface area contributed by atoms with Gasteiger partial charge in [0.15, 0.2) is 0 Å². The number of aromatic nitrogens is 2. The van der Waals surface area contributed by atoms with Crippen LogP contribution < -0.4 is 5.32 Å². The number of fused-ring (bicyclic) bond motifs is 4. The zero-order valence-corrected chi connectivity index (χ0v) is 16.2. The number of hydrogen-bond donors (Lipinski definition) is 2. The molecule has 5 rings (SSSR count). The molecule has 0 amide bonds. The number of ether oxygens (including phenoxy) is 1. The van der Waals surface area contributed by atoms with Gasteiger partial charge in [-0.05, 0) is 17.7 Å². The molecule has 0 aliphatic carbocycles. The van der Waals surface area contributed by atoms with E-state index >= 15 is 0 Å².